The summed E-state index contributed by atoms with van der Waals surface area (Å²) in [5.41, 5.74) is 7.64. The van der Waals surface area contributed by atoms with Gasteiger partial charge in [-0.3, -0.25) is 0 Å². The summed E-state index contributed by atoms with van der Waals surface area (Å²) >= 11 is 0. The summed E-state index contributed by atoms with van der Waals surface area (Å²) in [6.07, 6.45) is 1.95. The highest BCUT2D eigenvalue weighted by atomic mass is 16.5. The fourth-order valence-electron chi connectivity index (χ4n) is 2.18. The van der Waals surface area contributed by atoms with Gasteiger partial charge in [-0.2, -0.15) is 0 Å². The Labute approximate surface area is 109 Å². The molecule has 0 heterocycles. The van der Waals surface area contributed by atoms with Crippen molar-refractivity contribution >= 4 is 0 Å². The fourth-order valence-corrected chi connectivity index (χ4v) is 2.18. The Balaban J connectivity index is 2.12. The molecule has 0 radical (unpaired) electrons. The molecule has 100 valence electrons. The molecule has 1 aliphatic carbocycles. The average molecular weight is 249 g/mol. The van der Waals surface area contributed by atoms with E-state index in [1.807, 2.05) is 32.9 Å². The van der Waals surface area contributed by atoms with E-state index in [0.717, 1.165) is 18.6 Å². The van der Waals surface area contributed by atoms with Crippen LogP contribution in [-0.2, 0) is 6.42 Å². The molecule has 3 N–H and O–H groups in total. The molecule has 1 aromatic rings. The fraction of sp³-hybridized carbons (Fsp3) is 0.600. The molecule has 0 bridgehead atoms. The zero-order valence-electron chi connectivity index (χ0n) is 11.4. The highest BCUT2D eigenvalue weighted by Crippen LogP contribution is 2.35. The van der Waals surface area contributed by atoms with Crippen molar-refractivity contribution in [2.24, 2.45) is 11.7 Å². The van der Waals surface area contributed by atoms with Gasteiger partial charge < -0.3 is 15.6 Å². The Morgan fingerprint density at radius 3 is 2.89 bits per heavy atom. The number of ether oxygens (including phenoxy) is 1. The van der Waals surface area contributed by atoms with E-state index in [1.54, 1.807) is 0 Å². The largest absolute Gasteiger partial charge is 0.490 e. The van der Waals surface area contributed by atoms with Crippen molar-refractivity contribution in [1.29, 1.82) is 0 Å². The van der Waals surface area contributed by atoms with Crippen molar-refractivity contribution < 1.29 is 9.84 Å². The Bertz CT molecular complexity index is 427. The van der Waals surface area contributed by atoms with Crippen LogP contribution in [0.25, 0.3) is 0 Å². The van der Waals surface area contributed by atoms with Gasteiger partial charge in [0.25, 0.3) is 0 Å². The second-order valence-electron chi connectivity index (χ2n) is 5.77. The zero-order valence-corrected chi connectivity index (χ0v) is 11.4. The van der Waals surface area contributed by atoms with E-state index >= 15 is 0 Å². The quantitative estimate of drug-likeness (QED) is 0.861. The topological polar surface area (TPSA) is 55.5 Å². The molecule has 2 unspecified atom stereocenters. The third kappa shape index (κ3) is 2.52. The summed E-state index contributed by atoms with van der Waals surface area (Å²) in [5.74, 6) is 1.04. The monoisotopic (exact) mass is 249 g/mol. The van der Waals surface area contributed by atoms with Crippen LogP contribution in [0.15, 0.2) is 18.2 Å². The van der Waals surface area contributed by atoms with Gasteiger partial charge in [-0.25, -0.2) is 0 Å². The van der Waals surface area contributed by atoms with Crippen LogP contribution < -0.4 is 10.5 Å². The van der Waals surface area contributed by atoms with E-state index in [9.17, 15) is 5.11 Å². The molecule has 3 heteroatoms. The maximum absolute atomic E-state index is 10.2. The lowest BCUT2D eigenvalue weighted by Crippen LogP contribution is -2.37. The van der Waals surface area contributed by atoms with E-state index in [4.69, 9.17) is 10.5 Å². The van der Waals surface area contributed by atoms with Crippen LogP contribution in [0.2, 0.25) is 0 Å². The van der Waals surface area contributed by atoms with E-state index < -0.39 is 5.60 Å². The zero-order chi connectivity index (χ0) is 13.3. The maximum atomic E-state index is 10.2. The number of aliphatic hydroxyl groups is 1. The lowest BCUT2D eigenvalue weighted by atomic mass is 9.94. The minimum Gasteiger partial charge on any atom is -0.490 e. The molecule has 1 aliphatic rings. The predicted octanol–water partition coefficient (Wildman–Crippen LogP) is 2.42. The summed E-state index contributed by atoms with van der Waals surface area (Å²) in [7, 11) is 0. The van der Waals surface area contributed by atoms with Gasteiger partial charge in [0.2, 0.25) is 0 Å². The minimum absolute atomic E-state index is 0.133. The Hall–Kier alpha value is -1.06. The van der Waals surface area contributed by atoms with Gasteiger partial charge in [-0.05, 0) is 42.9 Å². The van der Waals surface area contributed by atoms with Crippen LogP contribution in [0.5, 0.6) is 5.75 Å². The molecule has 0 fully saturated rings. The van der Waals surface area contributed by atoms with Crippen LogP contribution in [0, 0.1) is 5.92 Å². The van der Waals surface area contributed by atoms with Gasteiger partial charge in [0.1, 0.15) is 12.4 Å². The van der Waals surface area contributed by atoms with Crippen LogP contribution in [0.3, 0.4) is 0 Å². The molecule has 1 aromatic carbocycles. The maximum Gasteiger partial charge on any atom is 0.122 e. The molecular weight excluding hydrogens is 226 g/mol. The van der Waals surface area contributed by atoms with Gasteiger partial charge in [0.05, 0.1) is 5.60 Å². The van der Waals surface area contributed by atoms with Gasteiger partial charge >= 0.3 is 0 Å². The minimum atomic E-state index is -0.802. The number of benzene rings is 1. The van der Waals surface area contributed by atoms with E-state index in [2.05, 4.69) is 6.07 Å². The second-order valence-corrected chi connectivity index (χ2v) is 5.77. The van der Waals surface area contributed by atoms with Crippen molar-refractivity contribution in [2.45, 2.75) is 45.3 Å². The van der Waals surface area contributed by atoms with Gasteiger partial charge in [-0.1, -0.05) is 26.0 Å². The van der Waals surface area contributed by atoms with E-state index in [1.165, 1.54) is 11.1 Å². The first-order chi connectivity index (χ1) is 8.42. The second kappa shape index (κ2) is 4.90. The third-order valence-corrected chi connectivity index (χ3v) is 4.04. The smallest absolute Gasteiger partial charge is 0.122 e. The number of fused-ring (bicyclic) bond motifs is 1. The number of hydrogen-bond acceptors (Lipinski definition) is 3. The lowest BCUT2D eigenvalue weighted by Gasteiger charge is -2.28. The highest BCUT2D eigenvalue weighted by molar-refractivity contribution is 5.44. The normalized spacial score (nSPS) is 21.8. The van der Waals surface area contributed by atoms with Crippen LogP contribution in [0.1, 0.15) is 44.4 Å². The molecule has 0 aromatic heterocycles. The van der Waals surface area contributed by atoms with Crippen molar-refractivity contribution in [1.82, 2.24) is 0 Å². The Morgan fingerprint density at radius 1 is 1.50 bits per heavy atom. The first-order valence-corrected chi connectivity index (χ1v) is 6.64. The molecule has 0 aliphatic heterocycles. The molecule has 0 amide bonds. The molecule has 3 nitrogen and oxygen atoms in total. The van der Waals surface area contributed by atoms with Crippen molar-refractivity contribution in [3.63, 3.8) is 0 Å². The first-order valence-electron chi connectivity index (χ1n) is 6.64. The summed E-state index contributed by atoms with van der Waals surface area (Å²) in [5, 5.41) is 10.2. The van der Waals surface area contributed by atoms with Gasteiger partial charge in [0.15, 0.2) is 0 Å². The van der Waals surface area contributed by atoms with Crippen LogP contribution >= 0.6 is 0 Å². The Morgan fingerprint density at radius 2 is 2.22 bits per heavy atom. The molecular formula is C15H23NO2. The van der Waals surface area contributed by atoms with Crippen molar-refractivity contribution in [3.8, 4) is 5.75 Å². The SMILES string of the molecule is CC(C)C(C)(O)COc1cccc2c1CCC2N. The standard InChI is InChI=1S/C15H23NO2/c1-10(2)15(3,17)9-18-14-6-4-5-11-12(14)7-8-13(11)16/h4-6,10,13,17H,7-9,16H2,1-3H3. The summed E-state index contributed by atoms with van der Waals surface area (Å²) < 4.78 is 5.82. The van der Waals surface area contributed by atoms with Gasteiger partial charge in [0, 0.05) is 6.04 Å². The van der Waals surface area contributed by atoms with Crippen molar-refractivity contribution in [2.75, 3.05) is 6.61 Å². The molecule has 2 rings (SSSR count). The molecule has 2 atom stereocenters. The number of nitrogens with two attached hydrogens (primary N) is 1. The van der Waals surface area contributed by atoms with Crippen molar-refractivity contribution in [3.05, 3.63) is 29.3 Å². The molecule has 18 heavy (non-hydrogen) atoms. The summed E-state index contributed by atoms with van der Waals surface area (Å²) in [6.45, 7) is 6.12. The van der Waals surface area contributed by atoms with Crippen LogP contribution in [-0.4, -0.2) is 17.3 Å². The third-order valence-electron chi connectivity index (χ3n) is 4.04. The molecule has 0 spiro atoms. The number of hydrogen-bond donors (Lipinski definition) is 2. The highest BCUT2D eigenvalue weighted by Gasteiger charge is 2.27. The van der Waals surface area contributed by atoms with Crippen LogP contribution in [0.4, 0.5) is 0 Å². The predicted molar refractivity (Wildman–Crippen MR) is 72.6 cm³/mol. The first kappa shape index (κ1) is 13.4. The average Bonchev–Trinajstić information content (AvgIpc) is 2.69. The summed E-state index contributed by atoms with van der Waals surface area (Å²) in [4.78, 5) is 0. The van der Waals surface area contributed by atoms with Gasteiger partial charge in [-0.15, -0.1) is 0 Å². The number of rotatable bonds is 4. The van der Waals surface area contributed by atoms with E-state index in [0.29, 0.717) is 6.61 Å². The summed E-state index contributed by atoms with van der Waals surface area (Å²) in [6, 6.07) is 6.14. The Kier molecular flexibility index (Phi) is 3.64. The molecule has 0 saturated heterocycles. The lowest BCUT2D eigenvalue weighted by molar-refractivity contribution is -0.0268. The van der Waals surface area contributed by atoms with E-state index in [-0.39, 0.29) is 12.0 Å². The molecule has 0 saturated carbocycles.